The van der Waals surface area contributed by atoms with Crippen LogP contribution in [0.4, 0.5) is 11.5 Å². The highest BCUT2D eigenvalue weighted by atomic mass is 16.4. The number of nitrogen functional groups attached to an aromatic ring is 1. The van der Waals surface area contributed by atoms with E-state index in [1.807, 2.05) is 49.3 Å². The minimum absolute atomic E-state index is 0.0748. The van der Waals surface area contributed by atoms with Crippen molar-refractivity contribution in [2.75, 3.05) is 24.7 Å². The number of aryl methyl sites for hydroxylation is 1. The van der Waals surface area contributed by atoms with E-state index in [-0.39, 0.29) is 6.42 Å². The molecular weight excluding hydrogens is 316 g/mol. The first-order chi connectivity index (χ1) is 12.0. The standard InChI is InChI=1S/C19H20N4O2/c1-23(2)15-4-3-11-21-19(15)14-7-5-12(6-10-17(24)25)13-8-9-16(20)22-18(13)14/h3-5,7-9,11H,6,10H2,1-2H3,(H2,20,22)(H,24,25). The number of carboxylic acid groups (broad SMARTS) is 1. The second-order valence-corrected chi connectivity index (χ2v) is 6.06. The molecule has 0 aliphatic heterocycles. The summed E-state index contributed by atoms with van der Waals surface area (Å²) in [5.41, 5.74) is 10.3. The Balaban J connectivity index is 2.22. The molecule has 2 aromatic heterocycles. The third-order valence-electron chi connectivity index (χ3n) is 4.10. The maximum atomic E-state index is 10.9. The quantitative estimate of drug-likeness (QED) is 0.744. The zero-order valence-corrected chi connectivity index (χ0v) is 14.2. The first kappa shape index (κ1) is 16.7. The van der Waals surface area contributed by atoms with Crippen LogP contribution in [0.3, 0.4) is 0 Å². The Morgan fingerprint density at radius 3 is 2.72 bits per heavy atom. The van der Waals surface area contributed by atoms with E-state index in [0.717, 1.165) is 33.4 Å². The van der Waals surface area contributed by atoms with Crippen LogP contribution in [-0.2, 0) is 11.2 Å². The van der Waals surface area contributed by atoms with Gasteiger partial charge in [0.2, 0.25) is 0 Å². The third kappa shape index (κ3) is 3.38. The van der Waals surface area contributed by atoms with E-state index in [1.165, 1.54) is 0 Å². The van der Waals surface area contributed by atoms with Crippen molar-refractivity contribution >= 4 is 28.4 Å². The molecule has 0 bridgehead atoms. The van der Waals surface area contributed by atoms with Crippen molar-refractivity contribution in [2.24, 2.45) is 0 Å². The fourth-order valence-electron chi connectivity index (χ4n) is 2.91. The van der Waals surface area contributed by atoms with Crippen molar-refractivity contribution in [1.82, 2.24) is 9.97 Å². The zero-order valence-electron chi connectivity index (χ0n) is 14.2. The number of benzene rings is 1. The number of aliphatic carboxylic acids is 1. The van der Waals surface area contributed by atoms with Crippen molar-refractivity contribution in [3.05, 3.63) is 48.2 Å². The van der Waals surface area contributed by atoms with Crippen molar-refractivity contribution in [3.8, 4) is 11.3 Å². The number of hydrogen-bond acceptors (Lipinski definition) is 5. The molecule has 3 rings (SSSR count). The van der Waals surface area contributed by atoms with E-state index in [4.69, 9.17) is 10.8 Å². The molecule has 6 heteroatoms. The molecule has 2 heterocycles. The molecule has 6 nitrogen and oxygen atoms in total. The molecule has 0 aliphatic rings. The second-order valence-electron chi connectivity index (χ2n) is 6.06. The molecule has 0 spiro atoms. The van der Waals surface area contributed by atoms with Gasteiger partial charge in [-0.2, -0.15) is 0 Å². The monoisotopic (exact) mass is 336 g/mol. The molecule has 0 fully saturated rings. The molecule has 0 aliphatic carbocycles. The van der Waals surface area contributed by atoms with Gasteiger partial charge in [-0.25, -0.2) is 4.98 Å². The van der Waals surface area contributed by atoms with Crippen LogP contribution < -0.4 is 10.6 Å². The van der Waals surface area contributed by atoms with Crippen LogP contribution >= 0.6 is 0 Å². The molecular formula is C19H20N4O2. The predicted molar refractivity (Wildman–Crippen MR) is 99.7 cm³/mol. The van der Waals surface area contributed by atoms with Gasteiger partial charge in [0.05, 0.1) is 16.9 Å². The first-order valence-corrected chi connectivity index (χ1v) is 8.00. The summed E-state index contributed by atoms with van der Waals surface area (Å²) in [7, 11) is 3.93. The van der Waals surface area contributed by atoms with E-state index in [9.17, 15) is 4.79 Å². The van der Waals surface area contributed by atoms with E-state index in [1.54, 1.807) is 12.3 Å². The number of nitrogens with zero attached hydrogens (tertiary/aromatic N) is 3. The fourth-order valence-corrected chi connectivity index (χ4v) is 2.91. The van der Waals surface area contributed by atoms with Gasteiger partial charge in [-0.3, -0.25) is 9.78 Å². The predicted octanol–water partition coefficient (Wildman–Crippen LogP) is 2.96. The minimum atomic E-state index is -0.819. The highest BCUT2D eigenvalue weighted by Gasteiger charge is 2.15. The lowest BCUT2D eigenvalue weighted by Crippen LogP contribution is -2.11. The Labute approximate surface area is 145 Å². The summed E-state index contributed by atoms with van der Waals surface area (Å²) >= 11 is 0. The van der Waals surface area contributed by atoms with Crippen LogP contribution in [0.1, 0.15) is 12.0 Å². The number of carboxylic acids is 1. The number of hydrogen-bond donors (Lipinski definition) is 2. The highest BCUT2D eigenvalue weighted by Crippen LogP contribution is 2.34. The minimum Gasteiger partial charge on any atom is -0.481 e. The van der Waals surface area contributed by atoms with Crippen LogP contribution in [-0.4, -0.2) is 35.1 Å². The van der Waals surface area contributed by atoms with Crippen molar-refractivity contribution in [3.63, 3.8) is 0 Å². The van der Waals surface area contributed by atoms with Gasteiger partial charge >= 0.3 is 5.97 Å². The summed E-state index contributed by atoms with van der Waals surface area (Å²) in [5, 5.41) is 9.88. The number of aromatic nitrogens is 2. The molecule has 128 valence electrons. The normalized spacial score (nSPS) is 10.8. The summed E-state index contributed by atoms with van der Waals surface area (Å²) in [6.07, 6.45) is 2.27. The first-order valence-electron chi connectivity index (χ1n) is 8.00. The Morgan fingerprint density at radius 2 is 2.00 bits per heavy atom. The van der Waals surface area contributed by atoms with Gasteiger partial charge in [0.1, 0.15) is 5.82 Å². The largest absolute Gasteiger partial charge is 0.481 e. The number of carbonyl (C=O) groups is 1. The highest BCUT2D eigenvalue weighted by molar-refractivity contribution is 5.98. The molecule has 3 N–H and O–H groups in total. The second kappa shape index (κ2) is 6.76. The average molecular weight is 336 g/mol. The summed E-state index contributed by atoms with van der Waals surface area (Å²) in [6.45, 7) is 0. The van der Waals surface area contributed by atoms with E-state index in [0.29, 0.717) is 12.2 Å². The topological polar surface area (TPSA) is 92.3 Å². The Bertz CT molecular complexity index is 938. The Kier molecular flexibility index (Phi) is 4.52. The van der Waals surface area contributed by atoms with Crippen LogP contribution in [0.2, 0.25) is 0 Å². The number of fused-ring (bicyclic) bond motifs is 1. The van der Waals surface area contributed by atoms with Crippen molar-refractivity contribution in [2.45, 2.75) is 12.8 Å². The van der Waals surface area contributed by atoms with Crippen LogP contribution in [0.25, 0.3) is 22.2 Å². The van der Waals surface area contributed by atoms with E-state index >= 15 is 0 Å². The molecule has 0 atom stereocenters. The van der Waals surface area contributed by atoms with Crippen LogP contribution in [0.15, 0.2) is 42.6 Å². The molecule has 0 saturated heterocycles. The molecule has 0 saturated carbocycles. The fraction of sp³-hybridized carbons (Fsp3) is 0.211. The van der Waals surface area contributed by atoms with E-state index < -0.39 is 5.97 Å². The lowest BCUT2D eigenvalue weighted by molar-refractivity contribution is -0.136. The summed E-state index contributed by atoms with van der Waals surface area (Å²) in [5.74, 6) is -0.397. The van der Waals surface area contributed by atoms with Crippen molar-refractivity contribution in [1.29, 1.82) is 0 Å². The average Bonchev–Trinajstić information content (AvgIpc) is 2.59. The van der Waals surface area contributed by atoms with Gasteiger partial charge in [-0.05, 0) is 36.2 Å². The Hall–Kier alpha value is -3.15. The van der Waals surface area contributed by atoms with Gasteiger partial charge < -0.3 is 15.7 Å². The lowest BCUT2D eigenvalue weighted by Gasteiger charge is -2.18. The van der Waals surface area contributed by atoms with Crippen LogP contribution in [0, 0.1) is 0 Å². The van der Waals surface area contributed by atoms with Gasteiger partial charge in [0, 0.05) is 37.7 Å². The maximum absolute atomic E-state index is 10.9. The smallest absolute Gasteiger partial charge is 0.303 e. The number of anilines is 2. The van der Waals surface area contributed by atoms with E-state index in [2.05, 4.69) is 9.97 Å². The summed E-state index contributed by atoms with van der Waals surface area (Å²) < 4.78 is 0. The van der Waals surface area contributed by atoms with Gasteiger partial charge in [-0.15, -0.1) is 0 Å². The lowest BCUT2D eigenvalue weighted by atomic mass is 9.98. The number of rotatable bonds is 5. The SMILES string of the molecule is CN(C)c1cccnc1-c1ccc(CCC(=O)O)c2ccc(N)nc12. The van der Waals surface area contributed by atoms with Gasteiger partial charge in [0.15, 0.2) is 0 Å². The van der Waals surface area contributed by atoms with Crippen molar-refractivity contribution < 1.29 is 9.90 Å². The zero-order chi connectivity index (χ0) is 18.0. The summed E-state index contributed by atoms with van der Waals surface area (Å²) in [6, 6.07) is 11.4. The molecule has 0 amide bonds. The van der Waals surface area contributed by atoms with Gasteiger partial charge in [0.25, 0.3) is 0 Å². The number of nitrogens with two attached hydrogens (primary N) is 1. The van der Waals surface area contributed by atoms with Gasteiger partial charge in [-0.1, -0.05) is 12.1 Å². The third-order valence-corrected chi connectivity index (χ3v) is 4.10. The molecule has 3 aromatic rings. The Morgan fingerprint density at radius 1 is 1.20 bits per heavy atom. The molecule has 0 unspecified atom stereocenters. The molecule has 25 heavy (non-hydrogen) atoms. The summed E-state index contributed by atoms with van der Waals surface area (Å²) in [4.78, 5) is 22.0. The number of pyridine rings is 2. The molecule has 0 radical (unpaired) electrons. The van der Waals surface area contributed by atoms with Crippen LogP contribution in [0.5, 0.6) is 0 Å². The molecule has 1 aromatic carbocycles. The maximum Gasteiger partial charge on any atom is 0.303 e.